The van der Waals surface area contributed by atoms with E-state index in [0.29, 0.717) is 12.1 Å². The first-order valence-corrected chi connectivity index (χ1v) is 8.47. The number of aromatic hydroxyl groups is 1. The minimum Gasteiger partial charge on any atom is -0.505 e. The summed E-state index contributed by atoms with van der Waals surface area (Å²) in [5, 5.41) is 28.5. The van der Waals surface area contributed by atoms with Crippen molar-refractivity contribution in [3.8, 4) is 11.4 Å². The van der Waals surface area contributed by atoms with Crippen molar-refractivity contribution in [2.24, 2.45) is 0 Å². The van der Waals surface area contributed by atoms with Crippen LogP contribution in [0.3, 0.4) is 0 Å². The average Bonchev–Trinajstić information content (AvgIpc) is 3.03. The zero-order valence-electron chi connectivity index (χ0n) is 14.1. The third kappa shape index (κ3) is 3.79. The lowest BCUT2D eigenvalue weighted by molar-refractivity contribution is -0.136. The van der Waals surface area contributed by atoms with Gasteiger partial charge in [-0.15, -0.1) is 15.0 Å². The largest absolute Gasteiger partial charge is 0.505 e. The summed E-state index contributed by atoms with van der Waals surface area (Å²) in [5.41, 5.74) is 3.65. The SMILES string of the molecule is CCCCc1cc(CCC(=O)O)cc(-n2nc3ccccc3n2)c1O. The van der Waals surface area contributed by atoms with Crippen molar-refractivity contribution in [2.75, 3.05) is 0 Å². The Bertz CT molecular complexity index is 869. The molecule has 0 saturated heterocycles. The number of aryl methyl sites for hydroxylation is 2. The predicted molar refractivity (Wildman–Crippen MR) is 95.1 cm³/mol. The van der Waals surface area contributed by atoms with Gasteiger partial charge < -0.3 is 10.2 Å². The van der Waals surface area contributed by atoms with Crippen LogP contribution in [-0.2, 0) is 17.6 Å². The Morgan fingerprint density at radius 2 is 1.80 bits per heavy atom. The molecule has 0 atom stereocenters. The van der Waals surface area contributed by atoms with Gasteiger partial charge in [0.1, 0.15) is 22.5 Å². The van der Waals surface area contributed by atoms with Crippen LogP contribution in [0, 0.1) is 0 Å². The molecule has 6 heteroatoms. The van der Waals surface area contributed by atoms with Crippen molar-refractivity contribution in [3.05, 3.63) is 47.5 Å². The van der Waals surface area contributed by atoms with Gasteiger partial charge in [0.25, 0.3) is 0 Å². The molecule has 1 aromatic heterocycles. The van der Waals surface area contributed by atoms with Crippen LogP contribution < -0.4 is 0 Å². The van der Waals surface area contributed by atoms with E-state index in [2.05, 4.69) is 17.1 Å². The van der Waals surface area contributed by atoms with E-state index in [1.807, 2.05) is 30.3 Å². The number of phenolic OH excluding ortho intramolecular Hbond substituents is 1. The number of carbonyl (C=O) groups is 1. The van der Waals surface area contributed by atoms with Crippen LogP contribution >= 0.6 is 0 Å². The van der Waals surface area contributed by atoms with Gasteiger partial charge in [-0.2, -0.15) is 0 Å². The maximum Gasteiger partial charge on any atom is 0.303 e. The molecule has 3 rings (SSSR count). The molecule has 0 aliphatic carbocycles. The van der Waals surface area contributed by atoms with Crippen LogP contribution in [0.25, 0.3) is 16.7 Å². The fraction of sp³-hybridized carbons (Fsp3) is 0.316. The minimum atomic E-state index is -0.840. The fourth-order valence-electron chi connectivity index (χ4n) is 2.82. The van der Waals surface area contributed by atoms with E-state index in [1.54, 1.807) is 6.07 Å². The lowest BCUT2D eigenvalue weighted by atomic mass is 10.0. The standard InChI is InChI=1S/C19H21N3O3/c1-2-3-6-14-11-13(9-10-18(23)24)12-17(19(14)25)22-20-15-7-4-5-8-16(15)21-22/h4-5,7-8,11-12,25H,2-3,6,9-10H2,1H3,(H,23,24). The Balaban J connectivity index is 2.05. The first-order chi connectivity index (χ1) is 12.1. The summed E-state index contributed by atoms with van der Waals surface area (Å²) in [6.07, 6.45) is 3.15. The topological polar surface area (TPSA) is 88.2 Å². The number of carboxylic acids is 1. The smallest absolute Gasteiger partial charge is 0.303 e. The van der Waals surface area contributed by atoms with Gasteiger partial charge >= 0.3 is 5.97 Å². The monoisotopic (exact) mass is 339 g/mol. The summed E-state index contributed by atoms with van der Waals surface area (Å²) in [6.45, 7) is 2.09. The van der Waals surface area contributed by atoms with Gasteiger partial charge in [0.15, 0.2) is 0 Å². The molecule has 0 spiro atoms. The van der Waals surface area contributed by atoms with Crippen molar-refractivity contribution in [2.45, 2.75) is 39.0 Å². The zero-order valence-corrected chi connectivity index (χ0v) is 14.1. The highest BCUT2D eigenvalue weighted by atomic mass is 16.4. The second-order valence-corrected chi connectivity index (χ2v) is 6.10. The fourth-order valence-corrected chi connectivity index (χ4v) is 2.82. The molecule has 6 nitrogen and oxygen atoms in total. The Morgan fingerprint density at radius 3 is 2.40 bits per heavy atom. The Hall–Kier alpha value is -2.89. The lowest BCUT2D eigenvalue weighted by Crippen LogP contribution is -2.04. The number of benzene rings is 2. The Kier molecular flexibility index (Phi) is 4.97. The summed E-state index contributed by atoms with van der Waals surface area (Å²) in [5.74, 6) is -0.680. The number of nitrogens with zero attached hydrogens (tertiary/aromatic N) is 3. The molecule has 0 amide bonds. The van der Waals surface area contributed by atoms with Crippen LogP contribution in [0.1, 0.15) is 37.3 Å². The van der Waals surface area contributed by atoms with E-state index in [-0.39, 0.29) is 12.2 Å². The summed E-state index contributed by atoms with van der Waals surface area (Å²) in [4.78, 5) is 12.3. The Morgan fingerprint density at radius 1 is 1.12 bits per heavy atom. The first-order valence-electron chi connectivity index (χ1n) is 8.47. The van der Waals surface area contributed by atoms with Gasteiger partial charge in [-0.1, -0.05) is 31.5 Å². The number of carboxylic acid groups (broad SMARTS) is 1. The third-order valence-corrected chi connectivity index (χ3v) is 4.16. The van der Waals surface area contributed by atoms with E-state index >= 15 is 0 Å². The highest BCUT2D eigenvalue weighted by Crippen LogP contribution is 2.30. The van der Waals surface area contributed by atoms with Crippen LogP contribution in [0.15, 0.2) is 36.4 Å². The van der Waals surface area contributed by atoms with Crippen LogP contribution in [0.5, 0.6) is 5.75 Å². The molecular weight excluding hydrogens is 318 g/mol. The molecule has 0 aliphatic heterocycles. The van der Waals surface area contributed by atoms with E-state index in [4.69, 9.17) is 5.11 Å². The average molecular weight is 339 g/mol. The summed E-state index contributed by atoms with van der Waals surface area (Å²) >= 11 is 0. The second-order valence-electron chi connectivity index (χ2n) is 6.10. The summed E-state index contributed by atoms with van der Waals surface area (Å²) < 4.78 is 0. The first kappa shape index (κ1) is 17.0. The lowest BCUT2D eigenvalue weighted by Gasteiger charge is -2.12. The van der Waals surface area contributed by atoms with Crippen molar-refractivity contribution < 1.29 is 15.0 Å². The summed E-state index contributed by atoms with van der Waals surface area (Å²) in [7, 11) is 0. The van der Waals surface area contributed by atoms with Gasteiger partial charge in [-0.3, -0.25) is 4.79 Å². The molecule has 0 aliphatic rings. The number of hydrogen-bond donors (Lipinski definition) is 2. The molecule has 3 aromatic rings. The summed E-state index contributed by atoms with van der Waals surface area (Å²) in [6, 6.07) is 11.2. The van der Waals surface area contributed by atoms with Crippen LogP contribution in [-0.4, -0.2) is 31.2 Å². The van der Waals surface area contributed by atoms with Gasteiger partial charge in [-0.05, 0) is 48.6 Å². The molecule has 0 bridgehead atoms. The maximum absolute atomic E-state index is 10.9. The van der Waals surface area contributed by atoms with E-state index in [9.17, 15) is 9.90 Å². The number of aliphatic carboxylic acids is 1. The molecule has 2 N–H and O–H groups in total. The number of rotatable bonds is 7. The third-order valence-electron chi connectivity index (χ3n) is 4.16. The van der Waals surface area contributed by atoms with E-state index < -0.39 is 5.97 Å². The highest BCUT2D eigenvalue weighted by molar-refractivity contribution is 5.73. The van der Waals surface area contributed by atoms with Crippen molar-refractivity contribution in [1.29, 1.82) is 0 Å². The minimum absolute atomic E-state index is 0.0476. The molecule has 25 heavy (non-hydrogen) atoms. The zero-order chi connectivity index (χ0) is 17.8. The van der Waals surface area contributed by atoms with Crippen molar-refractivity contribution in [3.63, 3.8) is 0 Å². The van der Waals surface area contributed by atoms with Crippen molar-refractivity contribution in [1.82, 2.24) is 15.0 Å². The molecule has 1 heterocycles. The normalized spacial score (nSPS) is 11.1. The van der Waals surface area contributed by atoms with Gasteiger partial charge in [-0.25, -0.2) is 0 Å². The molecule has 0 fully saturated rings. The van der Waals surface area contributed by atoms with Gasteiger partial charge in [0.05, 0.1) is 0 Å². The number of hydrogen-bond acceptors (Lipinski definition) is 4. The number of fused-ring (bicyclic) bond motifs is 1. The number of phenols is 1. The molecular formula is C19H21N3O3. The van der Waals surface area contributed by atoms with E-state index in [1.165, 1.54) is 4.80 Å². The highest BCUT2D eigenvalue weighted by Gasteiger charge is 2.15. The van der Waals surface area contributed by atoms with Crippen LogP contribution in [0.2, 0.25) is 0 Å². The predicted octanol–water partition coefficient (Wildman–Crippen LogP) is 3.49. The number of unbranched alkanes of at least 4 members (excludes halogenated alkanes) is 1. The molecule has 130 valence electrons. The van der Waals surface area contributed by atoms with Crippen LogP contribution in [0.4, 0.5) is 0 Å². The molecule has 0 saturated carbocycles. The quantitative estimate of drug-likeness (QED) is 0.688. The molecule has 0 unspecified atom stereocenters. The van der Waals surface area contributed by atoms with Crippen molar-refractivity contribution >= 4 is 17.0 Å². The second kappa shape index (κ2) is 7.34. The number of aromatic nitrogens is 3. The Labute approximate surface area is 145 Å². The van der Waals surface area contributed by atoms with Gasteiger partial charge in [0, 0.05) is 6.42 Å². The maximum atomic E-state index is 10.9. The van der Waals surface area contributed by atoms with Gasteiger partial charge in [0.2, 0.25) is 0 Å². The molecule has 0 radical (unpaired) electrons. The van der Waals surface area contributed by atoms with E-state index in [0.717, 1.165) is 41.4 Å². The molecule has 2 aromatic carbocycles.